The third kappa shape index (κ3) is 4.28. The van der Waals surface area contributed by atoms with E-state index in [9.17, 15) is 4.79 Å². The van der Waals surface area contributed by atoms with Crippen LogP contribution in [0.15, 0.2) is 54.7 Å². The van der Waals surface area contributed by atoms with Crippen molar-refractivity contribution in [2.24, 2.45) is 0 Å². The number of amides is 1. The molecule has 0 bridgehead atoms. The van der Waals surface area contributed by atoms with Gasteiger partial charge in [-0.1, -0.05) is 29.3 Å². The normalized spacial score (nSPS) is 10.0. The van der Waals surface area contributed by atoms with Gasteiger partial charge in [0.05, 0.1) is 22.3 Å². The van der Waals surface area contributed by atoms with E-state index in [4.69, 9.17) is 28.5 Å². The highest BCUT2D eigenvalue weighted by Gasteiger charge is 2.12. The number of halogens is 2. The molecule has 0 unspecified atom stereocenters. The van der Waals surface area contributed by atoms with Crippen LogP contribution in [-0.4, -0.2) is 15.9 Å². The van der Waals surface area contributed by atoms with E-state index in [0.717, 1.165) is 0 Å². The molecule has 0 radical (unpaired) electrons. The number of carbonyl (C=O) groups is 1. The van der Waals surface area contributed by atoms with Gasteiger partial charge >= 0.3 is 0 Å². The molecule has 0 aliphatic heterocycles. The average molecular weight is 384 g/mol. The molecular formula is C18H11Cl2N5O. The van der Waals surface area contributed by atoms with E-state index in [2.05, 4.69) is 26.7 Å². The molecule has 0 aliphatic carbocycles. The van der Waals surface area contributed by atoms with Crippen molar-refractivity contribution in [3.8, 4) is 6.07 Å². The second-order valence-electron chi connectivity index (χ2n) is 5.16. The lowest BCUT2D eigenvalue weighted by atomic mass is 10.2. The van der Waals surface area contributed by atoms with E-state index in [1.807, 2.05) is 0 Å². The molecular weight excluding hydrogens is 373 g/mol. The zero-order valence-corrected chi connectivity index (χ0v) is 14.7. The average Bonchev–Trinajstić information content (AvgIpc) is 2.65. The molecule has 8 heteroatoms. The van der Waals surface area contributed by atoms with Gasteiger partial charge in [-0.25, -0.2) is 9.97 Å². The molecule has 2 aromatic carbocycles. The first-order valence-corrected chi connectivity index (χ1v) is 8.17. The van der Waals surface area contributed by atoms with E-state index in [-0.39, 0.29) is 11.6 Å². The highest BCUT2D eigenvalue weighted by Crippen LogP contribution is 2.25. The Balaban J connectivity index is 1.79. The summed E-state index contributed by atoms with van der Waals surface area (Å²) in [6.45, 7) is 0. The summed E-state index contributed by atoms with van der Waals surface area (Å²) in [4.78, 5) is 20.7. The van der Waals surface area contributed by atoms with E-state index in [1.165, 1.54) is 12.3 Å². The summed E-state index contributed by atoms with van der Waals surface area (Å²) in [6, 6.07) is 15.1. The number of aromatic nitrogens is 2. The van der Waals surface area contributed by atoms with Gasteiger partial charge in [-0.05, 0) is 42.5 Å². The second-order valence-corrected chi connectivity index (χ2v) is 6.01. The molecule has 0 fully saturated rings. The number of benzene rings is 2. The van der Waals surface area contributed by atoms with Crippen molar-refractivity contribution in [3.05, 3.63) is 76.0 Å². The van der Waals surface area contributed by atoms with Crippen LogP contribution in [0.1, 0.15) is 16.1 Å². The summed E-state index contributed by atoms with van der Waals surface area (Å²) < 4.78 is 0. The Morgan fingerprint density at radius 3 is 2.77 bits per heavy atom. The van der Waals surface area contributed by atoms with Crippen molar-refractivity contribution < 1.29 is 4.79 Å². The van der Waals surface area contributed by atoms with Gasteiger partial charge in [0.25, 0.3) is 5.91 Å². The van der Waals surface area contributed by atoms with Crippen molar-refractivity contribution in [1.29, 1.82) is 5.26 Å². The molecule has 2 N–H and O–H groups in total. The monoisotopic (exact) mass is 383 g/mol. The minimum atomic E-state index is -0.453. The quantitative estimate of drug-likeness (QED) is 0.683. The molecule has 0 spiro atoms. The summed E-state index contributed by atoms with van der Waals surface area (Å²) in [5.41, 5.74) is 1.67. The smallest absolute Gasteiger partial charge is 0.274 e. The van der Waals surface area contributed by atoms with Crippen LogP contribution in [0.5, 0.6) is 0 Å². The number of carbonyl (C=O) groups excluding carboxylic acids is 1. The number of anilines is 3. The molecule has 1 amide bonds. The third-order valence-electron chi connectivity index (χ3n) is 3.31. The van der Waals surface area contributed by atoms with Crippen molar-refractivity contribution in [2.45, 2.75) is 0 Å². The van der Waals surface area contributed by atoms with E-state index in [1.54, 1.807) is 42.5 Å². The Bertz CT molecular complexity index is 1020. The minimum absolute atomic E-state index is 0.148. The second kappa shape index (κ2) is 7.83. The fourth-order valence-corrected chi connectivity index (χ4v) is 2.46. The fourth-order valence-electron chi connectivity index (χ4n) is 2.12. The third-order valence-corrected chi connectivity index (χ3v) is 3.88. The maximum absolute atomic E-state index is 12.4. The van der Waals surface area contributed by atoms with Crippen LogP contribution >= 0.6 is 23.2 Å². The van der Waals surface area contributed by atoms with Gasteiger partial charge in [-0.15, -0.1) is 0 Å². The van der Waals surface area contributed by atoms with E-state index >= 15 is 0 Å². The van der Waals surface area contributed by atoms with E-state index < -0.39 is 5.91 Å². The molecule has 0 saturated carbocycles. The molecule has 3 rings (SSSR count). The molecule has 1 aromatic heterocycles. The largest absolute Gasteiger partial charge is 0.324 e. The van der Waals surface area contributed by atoms with Crippen LogP contribution in [-0.2, 0) is 0 Å². The van der Waals surface area contributed by atoms with Crippen LogP contribution < -0.4 is 10.6 Å². The minimum Gasteiger partial charge on any atom is -0.324 e. The first kappa shape index (κ1) is 17.7. The lowest BCUT2D eigenvalue weighted by Crippen LogP contribution is -2.15. The lowest BCUT2D eigenvalue weighted by Gasteiger charge is -2.09. The molecule has 1 heterocycles. The number of nitrogens with zero attached hydrogens (tertiary/aromatic N) is 3. The Morgan fingerprint density at radius 2 is 1.96 bits per heavy atom. The standard InChI is InChI=1S/C18H11Cl2N5O/c19-12-4-5-14(20)16(9-12)24-17(26)15-6-7-22-18(25-15)23-13-3-1-2-11(8-13)10-21/h1-9H,(H,24,26)(H,22,23,25). The zero-order chi connectivity index (χ0) is 18.5. The number of nitriles is 1. The summed E-state index contributed by atoms with van der Waals surface area (Å²) in [7, 11) is 0. The van der Waals surface area contributed by atoms with Gasteiger partial charge in [0.1, 0.15) is 5.69 Å². The highest BCUT2D eigenvalue weighted by atomic mass is 35.5. The van der Waals surface area contributed by atoms with Crippen molar-refractivity contribution in [1.82, 2.24) is 9.97 Å². The predicted octanol–water partition coefficient (Wildman–Crippen LogP) is 4.65. The molecule has 0 aliphatic rings. The van der Waals surface area contributed by atoms with Crippen molar-refractivity contribution in [2.75, 3.05) is 10.6 Å². The van der Waals surface area contributed by atoms with Gasteiger partial charge in [0.15, 0.2) is 0 Å². The van der Waals surface area contributed by atoms with Gasteiger partial charge in [-0.2, -0.15) is 5.26 Å². The maximum Gasteiger partial charge on any atom is 0.274 e. The topological polar surface area (TPSA) is 90.7 Å². The van der Waals surface area contributed by atoms with Crippen LogP contribution in [0, 0.1) is 11.3 Å². The SMILES string of the molecule is N#Cc1cccc(Nc2nccc(C(=O)Nc3cc(Cl)ccc3Cl)n2)c1. The van der Waals surface area contributed by atoms with Gasteiger partial charge < -0.3 is 10.6 Å². The summed E-state index contributed by atoms with van der Waals surface area (Å²) in [5.74, 6) is -0.227. The summed E-state index contributed by atoms with van der Waals surface area (Å²) in [5, 5.41) is 15.4. The Morgan fingerprint density at radius 1 is 1.12 bits per heavy atom. The van der Waals surface area contributed by atoms with Crippen LogP contribution in [0.2, 0.25) is 10.0 Å². The van der Waals surface area contributed by atoms with E-state index in [0.29, 0.717) is 27.0 Å². The number of hydrogen-bond acceptors (Lipinski definition) is 5. The molecule has 3 aromatic rings. The molecule has 26 heavy (non-hydrogen) atoms. The van der Waals surface area contributed by atoms with Crippen LogP contribution in [0.3, 0.4) is 0 Å². The fraction of sp³-hybridized carbons (Fsp3) is 0. The maximum atomic E-state index is 12.4. The summed E-state index contributed by atoms with van der Waals surface area (Å²) >= 11 is 12.0. The number of nitrogens with one attached hydrogen (secondary N) is 2. The first-order valence-electron chi connectivity index (χ1n) is 7.42. The zero-order valence-electron chi connectivity index (χ0n) is 13.2. The van der Waals surface area contributed by atoms with Crippen molar-refractivity contribution in [3.63, 3.8) is 0 Å². The molecule has 6 nitrogen and oxygen atoms in total. The number of hydrogen-bond donors (Lipinski definition) is 2. The molecule has 0 atom stereocenters. The highest BCUT2D eigenvalue weighted by molar-refractivity contribution is 6.35. The Labute approximate surface area is 159 Å². The predicted molar refractivity (Wildman–Crippen MR) is 101 cm³/mol. The molecule has 0 saturated heterocycles. The van der Waals surface area contributed by atoms with Crippen molar-refractivity contribution >= 4 is 46.4 Å². The lowest BCUT2D eigenvalue weighted by molar-refractivity contribution is 0.102. The van der Waals surface area contributed by atoms with Crippen LogP contribution in [0.25, 0.3) is 0 Å². The Hall–Kier alpha value is -3.14. The van der Waals surface area contributed by atoms with Gasteiger partial charge in [0, 0.05) is 16.9 Å². The first-order chi connectivity index (χ1) is 12.5. The number of rotatable bonds is 4. The Kier molecular flexibility index (Phi) is 5.32. The van der Waals surface area contributed by atoms with Gasteiger partial charge in [-0.3, -0.25) is 4.79 Å². The molecule has 128 valence electrons. The van der Waals surface area contributed by atoms with Gasteiger partial charge in [0.2, 0.25) is 5.95 Å². The van der Waals surface area contributed by atoms with Crippen LogP contribution in [0.4, 0.5) is 17.3 Å². The summed E-state index contributed by atoms with van der Waals surface area (Å²) in [6.07, 6.45) is 1.46.